The second-order valence-corrected chi connectivity index (χ2v) is 8.01. The molecule has 1 fully saturated rings. The lowest BCUT2D eigenvalue weighted by atomic mass is 10.1. The minimum Gasteiger partial charge on any atom is -0.352 e. The number of thiazole rings is 1. The van der Waals surface area contributed by atoms with E-state index in [1.54, 1.807) is 4.90 Å². The lowest BCUT2D eigenvalue weighted by molar-refractivity contribution is -0.126. The highest BCUT2D eigenvalue weighted by Crippen LogP contribution is 2.33. The molecule has 3 heterocycles. The van der Waals surface area contributed by atoms with E-state index >= 15 is 0 Å². The molecule has 1 atom stereocenters. The fourth-order valence-electron chi connectivity index (χ4n) is 3.36. The zero-order valence-electron chi connectivity index (χ0n) is 15.5. The first-order valence-electron chi connectivity index (χ1n) is 8.88. The molecular weight excluding hydrogens is 362 g/mol. The van der Waals surface area contributed by atoms with Gasteiger partial charge in [-0.15, -0.1) is 0 Å². The van der Waals surface area contributed by atoms with Gasteiger partial charge in [0.1, 0.15) is 0 Å². The summed E-state index contributed by atoms with van der Waals surface area (Å²) in [6.45, 7) is 6.65. The quantitative estimate of drug-likeness (QED) is 0.724. The Hall–Kier alpha value is -2.74. The number of fused-ring (bicyclic) bond motifs is 1. The first-order chi connectivity index (χ1) is 12.9. The molecule has 4 rings (SSSR count). The molecule has 1 aliphatic rings. The summed E-state index contributed by atoms with van der Waals surface area (Å²) >= 11 is 1.49. The maximum atomic E-state index is 12.6. The summed E-state index contributed by atoms with van der Waals surface area (Å²) in [4.78, 5) is 31.2. The topological polar surface area (TPSA) is 91.0 Å². The molecule has 1 unspecified atom stereocenters. The molecule has 0 aliphatic carbocycles. The van der Waals surface area contributed by atoms with Crippen LogP contribution in [0.2, 0.25) is 0 Å². The number of aryl methyl sites for hydroxylation is 3. The van der Waals surface area contributed by atoms with Gasteiger partial charge in [-0.1, -0.05) is 17.4 Å². The zero-order valence-corrected chi connectivity index (χ0v) is 16.3. The maximum Gasteiger partial charge on any atom is 0.229 e. The average molecular weight is 383 g/mol. The number of carbonyl (C=O) groups excluding carboxylic acids is 2. The van der Waals surface area contributed by atoms with Crippen molar-refractivity contribution < 1.29 is 9.59 Å². The molecule has 0 radical (unpaired) electrons. The Balaban J connectivity index is 1.45. The van der Waals surface area contributed by atoms with Gasteiger partial charge in [-0.25, -0.2) is 4.98 Å². The smallest absolute Gasteiger partial charge is 0.229 e. The number of aromatic amines is 1. The summed E-state index contributed by atoms with van der Waals surface area (Å²) < 4.78 is 1.05. The minimum atomic E-state index is -0.362. The third-order valence-corrected chi connectivity index (χ3v) is 6.02. The number of hydrogen-bond acceptors (Lipinski definition) is 5. The van der Waals surface area contributed by atoms with Gasteiger partial charge in [-0.2, -0.15) is 5.10 Å². The van der Waals surface area contributed by atoms with Crippen molar-refractivity contribution in [3.8, 4) is 0 Å². The Morgan fingerprint density at radius 3 is 2.93 bits per heavy atom. The van der Waals surface area contributed by atoms with Crippen LogP contribution < -0.4 is 10.2 Å². The minimum absolute atomic E-state index is 0.0541. The van der Waals surface area contributed by atoms with E-state index in [-0.39, 0.29) is 24.2 Å². The largest absolute Gasteiger partial charge is 0.352 e. The Labute approximate surface area is 160 Å². The normalized spacial score (nSPS) is 17.1. The Kier molecular flexibility index (Phi) is 4.43. The van der Waals surface area contributed by atoms with Crippen LogP contribution >= 0.6 is 11.3 Å². The van der Waals surface area contributed by atoms with Crippen LogP contribution in [0.15, 0.2) is 18.2 Å². The number of carbonyl (C=O) groups is 2. The number of anilines is 1. The van der Waals surface area contributed by atoms with E-state index in [2.05, 4.69) is 26.6 Å². The predicted molar refractivity (Wildman–Crippen MR) is 105 cm³/mol. The molecule has 140 valence electrons. The standard InChI is InChI=1S/C19H21N5O2S/c1-10-4-5-15-16(6-10)27-19(21-15)24-9-13(7-17(24)25)18(26)20-8-14-11(2)22-23-12(14)3/h4-6,13H,7-9H2,1-3H3,(H,20,26)(H,22,23). The van der Waals surface area contributed by atoms with Gasteiger partial charge >= 0.3 is 0 Å². The highest BCUT2D eigenvalue weighted by atomic mass is 32.1. The lowest BCUT2D eigenvalue weighted by Gasteiger charge is -2.13. The number of nitrogens with zero attached hydrogens (tertiary/aromatic N) is 3. The Morgan fingerprint density at radius 1 is 1.37 bits per heavy atom. The third kappa shape index (κ3) is 3.32. The van der Waals surface area contributed by atoms with Gasteiger partial charge in [0.15, 0.2) is 5.13 Å². The molecule has 1 aromatic carbocycles. The van der Waals surface area contributed by atoms with Crippen LogP contribution in [0.4, 0.5) is 5.13 Å². The van der Waals surface area contributed by atoms with Gasteiger partial charge in [-0.05, 0) is 38.5 Å². The van der Waals surface area contributed by atoms with Crippen molar-refractivity contribution in [3.63, 3.8) is 0 Å². The van der Waals surface area contributed by atoms with E-state index in [1.807, 2.05) is 32.9 Å². The van der Waals surface area contributed by atoms with Crippen LogP contribution in [0.5, 0.6) is 0 Å². The van der Waals surface area contributed by atoms with Gasteiger partial charge in [-0.3, -0.25) is 19.6 Å². The van der Waals surface area contributed by atoms with Crippen LogP contribution in [-0.2, 0) is 16.1 Å². The summed E-state index contributed by atoms with van der Waals surface area (Å²) in [6.07, 6.45) is 0.212. The molecule has 0 bridgehead atoms. The fraction of sp³-hybridized carbons (Fsp3) is 0.368. The number of amides is 2. The van der Waals surface area contributed by atoms with E-state index in [1.165, 1.54) is 11.3 Å². The van der Waals surface area contributed by atoms with Crippen LogP contribution in [-0.4, -0.2) is 33.5 Å². The molecule has 27 heavy (non-hydrogen) atoms. The molecule has 3 aromatic rings. The molecule has 2 aromatic heterocycles. The van der Waals surface area contributed by atoms with Crippen molar-refractivity contribution >= 4 is 38.5 Å². The van der Waals surface area contributed by atoms with E-state index in [0.29, 0.717) is 18.2 Å². The van der Waals surface area contributed by atoms with Crippen molar-refractivity contribution in [3.05, 3.63) is 40.7 Å². The van der Waals surface area contributed by atoms with Crippen molar-refractivity contribution in [1.29, 1.82) is 0 Å². The van der Waals surface area contributed by atoms with Crippen molar-refractivity contribution in [2.24, 2.45) is 5.92 Å². The molecule has 1 saturated heterocycles. The van der Waals surface area contributed by atoms with Gasteiger partial charge in [0.25, 0.3) is 0 Å². The average Bonchev–Trinajstić information content (AvgIpc) is 3.30. The summed E-state index contributed by atoms with van der Waals surface area (Å²) in [6, 6.07) is 6.04. The van der Waals surface area contributed by atoms with Crippen LogP contribution in [0, 0.1) is 26.7 Å². The number of rotatable bonds is 4. The lowest BCUT2D eigenvalue weighted by Crippen LogP contribution is -2.32. The summed E-state index contributed by atoms with van der Waals surface area (Å²) in [7, 11) is 0. The molecule has 2 amide bonds. The second kappa shape index (κ2) is 6.77. The van der Waals surface area contributed by atoms with Crippen LogP contribution in [0.3, 0.4) is 0 Å². The molecule has 2 N–H and O–H groups in total. The van der Waals surface area contributed by atoms with Gasteiger partial charge in [0.2, 0.25) is 11.8 Å². The SMILES string of the molecule is Cc1ccc2nc(N3CC(C(=O)NCc4c(C)n[nH]c4C)CC3=O)sc2c1. The summed E-state index contributed by atoms with van der Waals surface area (Å²) in [5.41, 5.74) is 4.86. The monoisotopic (exact) mass is 383 g/mol. The van der Waals surface area contributed by atoms with Gasteiger partial charge < -0.3 is 5.32 Å². The first kappa shape index (κ1) is 17.7. The van der Waals surface area contributed by atoms with Crippen molar-refractivity contribution in [1.82, 2.24) is 20.5 Å². The van der Waals surface area contributed by atoms with Gasteiger partial charge in [0.05, 0.1) is 21.8 Å². The fourth-order valence-corrected chi connectivity index (χ4v) is 4.45. The predicted octanol–water partition coefficient (Wildman–Crippen LogP) is 2.61. The molecular formula is C19H21N5O2S. The zero-order chi connectivity index (χ0) is 19.1. The highest BCUT2D eigenvalue weighted by molar-refractivity contribution is 7.22. The molecule has 8 heteroatoms. The van der Waals surface area contributed by atoms with Crippen LogP contribution in [0.1, 0.15) is 28.9 Å². The number of hydrogen-bond donors (Lipinski definition) is 2. The maximum absolute atomic E-state index is 12.6. The van der Waals surface area contributed by atoms with E-state index in [9.17, 15) is 9.59 Å². The van der Waals surface area contributed by atoms with Crippen LogP contribution in [0.25, 0.3) is 10.2 Å². The molecule has 0 saturated carbocycles. The second-order valence-electron chi connectivity index (χ2n) is 7.00. The third-order valence-electron chi connectivity index (χ3n) is 4.98. The van der Waals surface area contributed by atoms with E-state index in [0.717, 1.165) is 32.7 Å². The first-order valence-corrected chi connectivity index (χ1v) is 9.69. The highest BCUT2D eigenvalue weighted by Gasteiger charge is 2.36. The van der Waals surface area contributed by atoms with E-state index in [4.69, 9.17) is 0 Å². The van der Waals surface area contributed by atoms with Crippen molar-refractivity contribution in [2.75, 3.05) is 11.4 Å². The Bertz CT molecular complexity index is 1020. The van der Waals surface area contributed by atoms with Gasteiger partial charge in [0, 0.05) is 30.8 Å². The Morgan fingerprint density at radius 2 is 2.19 bits per heavy atom. The number of H-pyrrole nitrogens is 1. The summed E-state index contributed by atoms with van der Waals surface area (Å²) in [5, 5.41) is 10.7. The number of aromatic nitrogens is 3. The molecule has 1 aliphatic heterocycles. The van der Waals surface area contributed by atoms with Crippen molar-refractivity contribution in [2.45, 2.75) is 33.7 Å². The molecule has 0 spiro atoms. The van der Waals surface area contributed by atoms with E-state index < -0.39 is 0 Å². The molecule has 7 nitrogen and oxygen atoms in total. The number of nitrogens with one attached hydrogen (secondary N) is 2. The number of benzene rings is 1. The summed E-state index contributed by atoms with van der Waals surface area (Å²) in [5.74, 6) is -0.525.